The summed E-state index contributed by atoms with van der Waals surface area (Å²) in [6.07, 6.45) is 37.0. The molecule has 0 amide bonds. The summed E-state index contributed by atoms with van der Waals surface area (Å²) in [6, 6.07) is 0. The highest BCUT2D eigenvalue weighted by Crippen LogP contribution is 2.39. The predicted molar refractivity (Wildman–Crippen MR) is 261 cm³/mol. The summed E-state index contributed by atoms with van der Waals surface area (Å²) < 4.78 is 12.5. The van der Waals surface area contributed by atoms with Gasteiger partial charge in [-0.05, 0) is 107 Å². The van der Waals surface area contributed by atoms with Crippen molar-refractivity contribution in [2.24, 2.45) is 5.41 Å². The smallest absolute Gasteiger partial charge is 0.305 e. The van der Waals surface area contributed by atoms with Crippen LogP contribution in [0.25, 0.3) is 0 Å². The molecule has 0 aromatic rings. The van der Waals surface area contributed by atoms with E-state index in [-0.39, 0.29) is 21.9 Å². The molecule has 1 saturated heterocycles. The van der Waals surface area contributed by atoms with Crippen molar-refractivity contribution in [2.75, 3.05) is 50.1 Å². The Morgan fingerprint density at radius 1 is 0.544 bits per heavy atom. The molecule has 0 N–H and O–H groups in total. The van der Waals surface area contributed by atoms with Gasteiger partial charge in [0.15, 0.2) is 0 Å². The minimum Gasteiger partial charge on any atom is -0.466 e. The van der Waals surface area contributed by atoms with E-state index in [4.69, 9.17) is 22.1 Å². The highest BCUT2D eigenvalue weighted by atomic mass is 32.2. The highest BCUT2D eigenvalue weighted by Gasteiger charge is 2.34. The number of piperidine rings is 1. The van der Waals surface area contributed by atoms with Crippen molar-refractivity contribution < 1.29 is 19.1 Å². The fraction of sp³-hybridized carbons (Fsp3) is 0.958. The quantitative estimate of drug-likeness (QED) is 0.0282. The SMILES string of the molecule is CCCCCCCCCSC(S)CCC(=O)OCCC1(CCOC(=O)CCC(SCCCCCCCCC)SCCCCCCCCC)CCN(CCCC)CC1. The van der Waals surface area contributed by atoms with Crippen molar-refractivity contribution in [1.29, 1.82) is 0 Å². The number of thiol groups is 1. The van der Waals surface area contributed by atoms with Gasteiger partial charge in [-0.1, -0.05) is 150 Å². The summed E-state index contributed by atoms with van der Waals surface area (Å²) in [5, 5.41) is 0. The maximum atomic E-state index is 13.1. The monoisotopic (exact) mass is 876 g/mol. The number of nitrogens with zero attached hydrogens (tertiary/aromatic N) is 1. The second-order valence-corrected chi connectivity index (χ2v) is 22.3. The van der Waals surface area contributed by atoms with E-state index >= 15 is 0 Å². The first-order valence-corrected chi connectivity index (χ1v) is 28.1. The highest BCUT2D eigenvalue weighted by molar-refractivity contribution is 8.17. The number of likely N-dealkylation sites (tertiary alicyclic amines) is 1. The Hall–Kier alpha value is 0.300. The molecule has 1 unspecified atom stereocenters. The summed E-state index contributed by atoms with van der Waals surface area (Å²) in [7, 11) is 0. The average Bonchev–Trinajstić information content (AvgIpc) is 3.21. The third-order valence-electron chi connectivity index (χ3n) is 11.9. The molecule has 5 nitrogen and oxygen atoms in total. The third kappa shape index (κ3) is 33.6. The third-order valence-corrected chi connectivity index (χ3v) is 16.8. The molecule has 1 aliphatic rings. The van der Waals surface area contributed by atoms with Crippen LogP contribution in [0, 0.1) is 5.41 Å². The number of ether oxygens (including phenoxy) is 2. The van der Waals surface area contributed by atoms with E-state index < -0.39 is 0 Å². The second kappa shape index (κ2) is 40.4. The lowest BCUT2D eigenvalue weighted by Crippen LogP contribution is -2.41. The molecule has 0 spiro atoms. The average molecular weight is 877 g/mol. The van der Waals surface area contributed by atoms with Crippen molar-refractivity contribution in [3.8, 4) is 0 Å². The van der Waals surface area contributed by atoms with E-state index in [0.29, 0.717) is 30.6 Å². The molecule has 1 atom stereocenters. The second-order valence-electron chi connectivity index (χ2n) is 17.1. The van der Waals surface area contributed by atoms with Crippen molar-refractivity contribution in [1.82, 2.24) is 4.90 Å². The summed E-state index contributed by atoms with van der Waals surface area (Å²) in [5.41, 5.74) is 0.0586. The molecular weight excluding hydrogens is 783 g/mol. The van der Waals surface area contributed by atoms with Gasteiger partial charge in [-0.15, -0.1) is 35.3 Å². The number of thioether (sulfide) groups is 3. The standard InChI is InChI=1S/C48H93NO4S4/c1-5-9-13-16-19-22-25-41-55-46(54)30-28-44(50)52-39-34-48(32-37-49(38-33-48)36-12-8-4)35-40-53-45(51)29-31-47(56-42-26-23-20-17-14-10-6-2)57-43-27-24-21-18-15-11-7-3/h46-47,54H,5-43H2,1-4H3. The van der Waals surface area contributed by atoms with Gasteiger partial charge in [0.05, 0.1) is 17.8 Å². The maximum absolute atomic E-state index is 13.1. The Labute approximate surface area is 373 Å². The fourth-order valence-electron chi connectivity index (χ4n) is 7.77. The van der Waals surface area contributed by atoms with Gasteiger partial charge in [0.2, 0.25) is 0 Å². The molecule has 0 bridgehead atoms. The van der Waals surface area contributed by atoms with E-state index in [0.717, 1.165) is 63.9 Å². The van der Waals surface area contributed by atoms with Gasteiger partial charge in [-0.3, -0.25) is 9.59 Å². The molecule has 0 aromatic heterocycles. The van der Waals surface area contributed by atoms with Crippen LogP contribution in [0.3, 0.4) is 0 Å². The first-order valence-electron chi connectivity index (χ1n) is 24.4. The molecule has 0 radical (unpaired) electrons. The number of carbonyl (C=O) groups is 2. The molecule has 0 aliphatic carbocycles. The van der Waals surface area contributed by atoms with Crippen LogP contribution in [-0.2, 0) is 19.1 Å². The van der Waals surface area contributed by atoms with E-state index in [9.17, 15) is 9.59 Å². The lowest BCUT2D eigenvalue weighted by molar-refractivity contribution is -0.145. The molecule has 0 aromatic carbocycles. The Morgan fingerprint density at radius 2 is 0.930 bits per heavy atom. The van der Waals surface area contributed by atoms with Crippen LogP contribution < -0.4 is 0 Å². The molecule has 1 rings (SSSR count). The lowest BCUT2D eigenvalue weighted by atomic mass is 9.73. The molecule has 0 saturated carbocycles. The number of carbonyl (C=O) groups excluding carboxylic acids is 2. The Kier molecular flexibility index (Phi) is 39.2. The largest absolute Gasteiger partial charge is 0.466 e. The summed E-state index contributed by atoms with van der Waals surface area (Å²) in [4.78, 5) is 28.4. The van der Waals surface area contributed by atoms with E-state index in [1.54, 1.807) is 0 Å². The maximum Gasteiger partial charge on any atom is 0.305 e. The number of hydrogen-bond donors (Lipinski definition) is 1. The van der Waals surface area contributed by atoms with E-state index in [1.165, 1.54) is 159 Å². The van der Waals surface area contributed by atoms with Gasteiger partial charge in [0.25, 0.3) is 0 Å². The number of rotatable bonds is 42. The molecule has 1 aliphatic heterocycles. The van der Waals surface area contributed by atoms with Gasteiger partial charge in [0.1, 0.15) is 0 Å². The Morgan fingerprint density at radius 3 is 1.37 bits per heavy atom. The molecule has 1 fully saturated rings. The van der Waals surface area contributed by atoms with Gasteiger partial charge in [-0.25, -0.2) is 0 Å². The Bertz CT molecular complexity index is 884. The fourth-order valence-corrected chi connectivity index (χ4v) is 11.9. The normalized spacial score (nSPS) is 15.0. The number of hydrogen-bond acceptors (Lipinski definition) is 9. The predicted octanol–water partition coefficient (Wildman–Crippen LogP) is 15.3. The van der Waals surface area contributed by atoms with E-state index in [1.807, 2.05) is 11.8 Å². The molecular formula is C48H93NO4S4. The molecule has 57 heavy (non-hydrogen) atoms. The van der Waals surface area contributed by atoms with Crippen molar-refractivity contribution >= 4 is 59.9 Å². The van der Waals surface area contributed by atoms with Gasteiger partial charge < -0.3 is 14.4 Å². The van der Waals surface area contributed by atoms with Gasteiger partial charge in [0, 0.05) is 17.4 Å². The van der Waals surface area contributed by atoms with Crippen molar-refractivity contribution in [2.45, 2.75) is 236 Å². The topological polar surface area (TPSA) is 55.8 Å². The van der Waals surface area contributed by atoms with Gasteiger partial charge >= 0.3 is 11.9 Å². The minimum absolute atomic E-state index is 0.0406. The summed E-state index contributed by atoms with van der Waals surface area (Å²) in [5.74, 6) is 3.38. The number of esters is 2. The van der Waals surface area contributed by atoms with Gasteiger partial charge in [-0.2, -0.15) is 12.6 Å². The van der Waals surface area contributed by atoms with Crippen LogP contribution in [0.1, 0.15) is 227 Å². The molecule has 338 valence electrons. The van der Waals surface area contributed by atoms with Crippen LogP contribution in [0.4, 0.5) is 0 Å². The molecule has 9 heteroatoms. The summed E-state index contributed by atoms with van der Waals surface area (Å²) >= 11 is 10.8. The first-order chi connectivity index (χ1) is 27.9. The van der Waals surface area contributed by atoms with Crippen LogP contribution >= 0.6 is 47.9 Å². The van der Waals surface area contributed by atoms with Crippen LogP contribution in [0.15, 0.2) is 0 Å². The van der Waals surface area contributed by atoms with Crippen LogP contribution in [0.5, 0.6) is 0 Å². The zero-order valence-corrected chi connectivity index (χ0v) is 41.3. The van der Waals surface area contributed by atoms with E-state index in [2.05, 4.69) is 56.1 Å². The first kappa shape index (κ1) is 55.3. The Balaban J connectivity index is 2.51. The zero-order chi connectivity index (χ0) is 41.5. The number of unbranched alkanes of at least 4 members (excludes halogenated alkanes) is 19. The minimum atomic E-state index is -0.100. The van der Waals surface area contributed by atoms with Crippen LogP contribution in [0.2, 0.25) is 0 Å². The summed E-state index contributed by atoms with van der Waals surface area (Å²) in [6.45, 7) is 13.3. The molecule has 1 heterocycles. The zero-order valence-electron chi connectivity index (χ0n) is 38.0. The lowest BCUT2D eigenvalue weighted by Gasteiger charge is -2.42. The van der Waals surface area contributed by atoms with Crippen LogP contribution in [-0.4, -0.2) is 76.1 Å². The van der Waals surface area contributed by atoms with Crippen molar-refractivity contribution in [3.05, 3.63) is 0 Å². The van der Waals surface area contributed by atoms with Crippen molar-refractivity contribution in [3.63, 3.8) is 0 Å².